The molecule has 0 saturated carbocycles. The first-order valence-electron chi connectivity index (χ1n) is 7.46. The van der Waals surface area contributed by atoms with E-state index in [1.54, 1.807) is 0 Å². The molecule has 2 nitrogen and oxygen atoms in total. The van der Waals surface area contributed by atoms with E-state index in [1.807, 2.05) is 18.2 Å². The molecule has 106 valence electrons. The van der Waals surface area contributed by atoms with Gasteiger partial charge in [-0.2, -0.15) is 0 Å². The number of hydrogen-bond acceptors (Lipinski definition) is 2. The summed E-state index contributed by atoms with van der Waals surface area (Å²) in [5.41, 5.74) is 1.03. The van der Waals surface area contributed by atoms with E-state index in [-0.39, 0.29) is 11.5 Å². The Hall–Kier alpha value is -0.860. The molecule has 1 N–H and O–H groups in total. The Morgan fingerprint density at radius 3 is 2.68 bits per heavy atom. The monoisotopic (exact) mass is 262 g/mol. The van der Waals surface area contributed by atoms with Gasteiger partial charge in [-0.1, -0.05) is 44.2 Å². The molecule has 0 amide bonds. The van der Waals surface area contributed by atoms with Crippen LogP contribution in [0.15, 0.2) is 30.3 Å². The Bertz CT molecular complexity index is 366. The van der Waals surface area contributed by atoms with Gasteiger partial charge in [0, 0.05) is 12.0 Å². The van der Waals surface area contributed by atoms with E-state index in [0.29, 0.717) is 6.10 Å². The maximum atomic E-state index is 10.5. The van der Waals surface area contributed by atoms with E-state index in [9.17, 15) is 5.11 Å². The van der Waals surface area contributed by atoms with Crippen LogP contribution in [0.3, 0.4) is 0 Å². The Kier molecular flexibility index (Phi) is 5.00. The molecule has 2 rings (SSSR count). The predicted molar refractivity (Wildman–Crippen MR) is 78.3 cm³/mol. The van der Waals surface area contributed by atoms with Crippen molar-refractivity contribution in [1.29, 1.82) is 0 Å². The van der Waals surface area contributed by atoms with E-state index in [1.165, 1.54) is 18.4 Å². The van der Waals surface area contributed by atoms with Gasteiger partial charge in [-0.05, 0) is 37.7 Å². The molecule has 0 bridgehead atoms. The number of benzene rings is 1. The van der Waals surface area contributed by atoms with Crippen LogP contribution < -0.4 is 0 Å². The second-order valence-corrected chi connectivity index (χ2v) is 6.17. The number of rotatable bonds is 6. The van der Waals surface area contributed by atoms with Crippen LogP contribution in [-0.4, -0.2) is 23.9 Å². The minimum absolute atomic E-state index is 0.183. The van der Waals surface area contributed by atoms with Crippen molar-refractivity contribution in [3.63, 3.8) is 0 Å². The van der Waals surface area contributed by atoms with Crippen LogP contribution in [0.25, 0.3) is 0 Å². The van der Waals surface area contributed by atoms with Crippen molar-refractivity contribution >= 4 is 0 Å². The molecule has 2 heteroatoms. The quantitative estimate of drug-likeness (QED) is 0.847. The van der Waals surface area contributed by atoms with Crippen molar-refractivity contribution in [2.75, 3.05) is 6.61 Å². The maximum absolute atomic E-state index is 10.5. The second kappa shape index (κ2) is 6.53. The smallest absolute Gasteiger partial charge is 0.0631 e. The molecule has 1 fully saturated rings. The highest BCUT2D eigenvalue weighted by Gasteiger charge is 2.29. The molecule has 19 heavy (non-hydrogen) atoms. The first kappa shape index (κ1) is 14.5. The number of aliphatic hydroxyl groups is 1. The molecule has 2 atom stereocenters. The third kappa shape index (κ3) is 3.80. The Balaban J connectivity index is 1.82. The highest BCUT2D eigenvalue weighted by atomic mass is 16.5. The van der Waals surface area contributed by atoms with Crippen LogP contribution >= 0.6 is 0 Å². The Morgan fingerprint density at radius 1 is 1.32 bits per heavy atom. The molecule has 1 aromatic carbocycles. The van der Waals surface area contributed by atoms with Crippen molar-refractivity contribution in [3.05, 3.63) is 35.9 Å². The number of aliphatic hydroxyl groups excluding tert-OH is 1. The average Bonchev–Trinajstić information content (AvgIpc) is 2.93. The van der Waals surface area contributed by atoms with Gasteiger partial charge >= 0.3 is 0 Å². The standard InChI is InChI=1S/C17H26O2/c1-17(2,14-8-4-3-5-9-14)16(18)12-6-10-15-11-7-13-19-15/h3-5,8-9,15-16,18H,6-7,10-13H2,1-2H3. The first-order chi connectivity index (χ1) is 9.10. The summed E-state index contributed by atoms with van der Waals surface area (Å²) in [5.74, 6) is 0. The minimum atomic E-state index is -0.295. The molecule has 1 aliphatic rings. The summed E-state index contributed by atoms with van der Waals surface area (Å²) in [5, 5.41) is 10.5. The lowest BCUT2D eigenvalue weighted by Crippen LogP contribution is -2.33. The largest absolute Gasteiger partial charge is 0.392 e. The summed E-state index contributed by atoms with van der Waals surface area (Å²) >= 11 is 0. The molecule has 2 unspecified atom stereocenters. The molecule has 0 spiro atoms. The van der Waals surface area contributed by atoms with Crippen LogP contribution in [0.2, 0.25) is 0 Å². The fourth-order valence-corrected chi connectivity index (χ4v) is 2.83. The predicted octanol–water partition coefficient (Wildman–Crippen LogP) is 3.67. The molecule has 1 aliphatic heterocycles. The normalized spacial score (nSPS) is 21.5. The van der Waals surface area contributed by atoms with Crippen LogP contribution in [0.5, 0.6) is 0 Å². The second-order valence-electron chi connectivity index (χ2n) is 6.17. The summed E-state index contributed by atoms with van der Waals surface area (Å²) in [7, 11) is 0. The molecular weight excluding hydrogens is 236 g/mol. The molecule has 1 aromatic rings. The van der Waals surface area contributed by atoms with E-state index in [4.69, 9.17) is 4.74 Å². The Morgan fingerprint density at radius 2 is 2.05 bits per heavy atom. The maximum Gasteiger partial charge on any atom is 0.0631 e. The molecule has 0 aromatic heterocycles. The third-order valence-corrected chi connectivity index (χ3v) is 4.38. The lowest BCUT2D eigenvalue weighted by atomic mass is 9.77. The molecule has 1 saturated heterocycles. The highest BCUT2D eigenvalue weighted by Crippen LogP contribution is 2.30. The average molecular weight is 262 g/mol. The lowest BCUT2D eigenvalue weighted by molar-refractivity contribution is 0.0723. The molecular formula is C17H26O2. The number of ether oxygens (including phenoxy) is 1. The van der Waals surface area contributed by atoms with Crippen molar-refractivity contribution in [1.82, 2.24) is 0 Å². The van der Waals surface area contributed by atoms with Crippen molar-refractivity contribution < 1.29 is 9.84 Å². The summed E-state index contributed by atoms with van der Waals surface area (Å²) in [6.45, 7) is 5.17. The van der Waals surface area contributed by atoms with E-state index < -0.39 is 0 Å². The van der Waals surface area contributed by atoms with Crippen LogP contribution in [0, 0.1) is 0 Å². The van der Waals surface area contributed by atoms with Crippen LogP contribution in [-0.2, 0) is 10.2 Å². The summed E-state index contributed by atoms with van der Waals surface area (Å²) in [4.78, 5) is 0. The van der Waals surface area contributed by atoms with Crippen LogP contribution in [0.4, 0.5) is 0 Å². The lowest BCUT2D eigenvalue weighted by Gasteiger charge is -2.31. The van der Waals surface area contributed by atoms with Gasteiger partial charge in [0.1, 0.15) is 0 Å². The third-order valence-electron chi connectivity index (χ3n) is 4.38. The number of hydrogen-bond donors (Lipinski definition) is 1. The summed E-state index contributed by atoms with van der Waals surface area (Å²) in [6.07, 6.45) is 5.51. The topological polar surface area (TPSA) is 29.5 Å². The molecule has 0 aliphatic carbocycles. The van der Waals surface area contributed by atoms with E-state index in [0.717, 1.165) is 25.9 Å². The van der Waals surface area contributed by atoms with Crippen LogP contribution in [0.1, 0.15) is 51.5 Å². The van der Waals surface area contributed by atoms with Gasteiger partial charge < -0.3 is 9.84 Å². The highest BCUT2D eigenvalue weighted by molar-refractivity contribution is 5.24. The van der Waals surface area contributed by atoms with Gasteiger partial charge in [-0.3, -0.25) is 0 Å². The van der Waals surface area contributed by atoms with Gasteiger partial charge in [0.15, 0.2) is 0 Å². The van der Waals surface area contributed by atoms with Gasteiger partial charge in [-0.25, -0.2) is 0 Å². The zero-order valence-electron chi connectivity index (χ0n) is 12.1. The minimum Gasteiger partial charge on any atom is -0.392 e. The molecule has 0 radical (unpaired) electrons. The van der Waals surface area contributed by atoms with Gasteiger partial charge in [0.25, 0.3) is 0 Å². The SMILES string of the molecule is CC(C)(c1ccccc1)C(O)CCCC1CCCO1. The van der Waals surface area contributed by atoms with Crippen molar-refractivity contribution in [2.24, 2.45) is 0 Å². The van der Waals surface area contributed by atoms with Gasteiger partial charge in [0.2, 0.25) is 0 Å². The zero-order valence-corrected chi connectivity index (χ0v) is 12.1. The van der Waals surface area contributed by atoms with Gasteiger partial charge in [0.05, 0.1) is 12.2 Å². The van der Waals surface area contributed by atoms with E-state index >= 15 is 0 Å². The van der Waals surface area contributed by atoms with Crippen molar-refractivity contribution in [2.45, 2.75) is 63.6 Å². The van der Waals surface area contributed by atoms with Gasteiger partial charge in [-0.15, -0.1) is 0 Å². The fourth-order valence-electron chi connectivity index (χ4n) is 2.83. The van der Waals surface area contributed by atoms with Crippen molar-refractivity contribution in [3.8, 4) is 0 Å². The van der Waals surface area contributed by atoms with E-state index in [2.05, 4.69) is 26.0 Å². The zero-order chi connectivity index (χ0) is 13.7. The molecule has 1 heterocycles. The fraction of sp³-hybridized carbons (Fsp3) is 0.647. The summed E-state index contributed by atoms with van der Waals surface area (Å²) < 4.78 is 5.62. The summed E-state index contributed by atoms with van der Waals surface area (Å²) in [6, 6.07) is 10.3. The Labute approximate surface area is 116 Å². The first-order valence-corrected chi connectivity index (χ1v) is 7.46.